The van der Waals surface area contributed by atoms with Crippen molar-refractivity contribution in [3.05, 3.63) is 34.9 Å². The summed E-state index contributed by atoms with van der Waals surface area (Å²) < 4.78 is 37.8. The number of rotatable bonds is 3. The molecule has 1 aromatic carbocycles. The molecule has 0 amide bonds. The van der Waals surface area contributed by atoms with Gasteiger partial charge in [0.05, 0.1) is 10.4 Å². The van der Waals surface area contributed by atoms with Crippen molar-refractivity contribution in [3.63, 3.8) is 0 Å². The topological polar surface area (TPSA) is 17.1 Å². The fourth-order valence-corrected chi connectivity index (χ4v) is 1.90. The average molecular weight is 330 g/mol. The Kier molecular flexibility index (Phi) is 4.61. The summed E-state index contributed by atoms with van der Waals surface area (Å²) in [6, 6.07) is 3.53. The highest BCUT2D eigenvalue weighted by atomic mass is 79.9. The number of alkyl halides is 5. The number of hydrogen-bond donors (Lipinski definition) is 0. The quantitative estimate of drug-likeness (QED) is 0.748. The van der Waals surface area contributed by atoms with E-state index in [0.29, 0.717) is 5.56 Å². The van der Waals surface area contributed by atoms with Crippen LogP contribution in [0.2, 0.25) is 0 Å². The first-order valence-corrected chi connectivity index (χ1v) is 6.13. The highest BCUT2D eigenvalue weighted by Crippen LogP contribution is 2.35. The lowest BCUT2D eigenvalue weighted by atomic mass is 10.0. The molecule has 6 heteroatoms. The first-order chi connectivity index (χ1) is 7.77. The molecule has 0 fully saturated rings. The minimum Gasteiger partial charge on any atom is -0.298 e. The summed E-state index contributed by atoms with van der Waals surface area (Å²) in [6.07, 6.45) is -4.43. The molecule has 0 aliphatic heterocycles. The molecule has 1 rings (SSSR count). The van der Waals surface area contributed by atoms with Crippen LogP contribution < -0.4 is 0 Å². The zero-order valence-corrected chi connectivity index (χ0v) is 11.2. The zero-order valence-electron chi connectivity index (χ0n) is 8.81. The van der Waals surface area contributed by atoms with Crippen molar-refractivity contribution < 1.29 is 18.0 Å². The molecule has 17 heavy (non-hydrogen) atoms. The summed E-state index contributed by atoms with van der Waals surface area (Å²) in [4.78, 5) is 10.5. The molecule has 94 valence electrons. The fraction of sp³-hybridized carbons (Fsp3) is 0.364. The minimum atomic E-state index is -4.43. The molecule has 1 unspecified atom stereocenters. The predicted octanol–water partition coefficient (Wildman–Crippen LogP) is 4.47. The number of carbonyl (C=O) groups is 1. The largest absolute Gasteiger partial charge is 0.416 e. The van der Waals surface area contributed by atoms with Gasteiger partial charge in [0.25, 0.3) is 0 Å². The number of ketones is 1. The maximum absolute atomic E-state index is 12.6. The molecular weight excluding hydrogens is 320 g/mol. The Morgan fingerprint density at radius 3 is 2.47 bits per heavy atom. The number of benzene rings is 1. The molecule has 0 aromatic heterocycles. The molecule has 0 aliphatic carbocycles. The molecule has 1 atom stereocenters. The summed E-state index contributed by atoms with van der Waals surface area (Å²) in [5, 5.41) is 0. The number of halogens is 5. The number of hydrogen-bond acceptors (Lipinski definition) is 1. The van der Waals surface area contributed by atoms with Crippen LogP contribution in [0.5, 0.6) is 0 Å². The van der Waals surface area contributed by atoms with Crippen molar-refractivity contribution in [1.29, 1.82) is 0 Å². The molecule has 0 saturated carbocycles. The summed E-state index contributed by atoms with van der Waals surface area (Å²) in [7, 11) is 0. The lowest BCUT2D eigenvalue weighted by Crippen LogP contribution is -2.10. The lowest BCUT2D eigenvalue weighted by molar-refractivity contribution is -0.138. The number of Topliss-reactive ketones (excluding diaryl/α,β-unsaturated/α-hetero) is 1. The van der Waals surface area contributed by atoms with Crippen molar-refractivity contribution in [2.75, 3.05) is 0 Å². The van der Waals surface area contributed by atoms with Crippen molar-refractivity contribution in [3.8, 4) is 0 Å². The van der Waals surface area contributed by atoms with E-state index in [1.807, 2.05) is 0 Å². The lowest BCUT2D eigenvalue weighted by Gasteiger charge is -2.14. The molecular formula is C11H9BrClF3O. The van der Waals surface area contributed by atoms with Crippen molar-refractivity contribution >= 4 is 33.3 Å². The van der Waals surface area contributed by atoms with Crippen molar-refractivity contribution in [2.24, 2.45) is 0 Å². The summed E-state index contributed by atoms with van der Waals surface area (Å²) >= 11 is 8.61. The highest BCUT2D eigenvalue weighted by Gasteiger charge is 2.33. The van der Waals surface area contributed by atoms with Gasteiger partial charge in [0.15, 0.2) is 0 Å². The van der Waals surface area contributed by atoms with Crippen molar-refractivity contribution in [1.82, 2.24) is 0 Å². The summed E-state index contributed by atoms with van der Waals surface area (Å²) in [6.45, 7) is 1.36. The normalized spacial score (nSPS) is 13.5. The van der Waals surface area contributed by atoms with Gasteiger partial charge in [-0.1, -0.05) is 28.1 Å². The van der Waals surface area contributed by atoms with Crippen LogP contribution in [-0.2, 0) is 16.9 Å². The Morgan fingerprint density at radius 2 is 2.06 bits per heavy atom. The van der Waals surface area contributed by atoms with Gasteiger partial charge < -0.3 is 0 Å². The van der Waals surface area contributed by atoms with Gasteiger partial charge in [0.2, 0.25) is 0 Å². The minimum absolute atomic E-state index is 0.0256. The van der Waals surface area contributed by atoms with Crippen molar-refractivity contribution in [2.45, 2.75) is 23.8 Å². The van der Waals surface area contributed by atoms with E-state index >= 15 is 0 Å². The fourth-order valence-electron chi connectivity index (χ4n) is 1.39. The number of carbonyl (C=O) groups excluding carboxylic acids is 1. The van der Waals surface area contributed by atoms with Crippen LogP contribution in [0.15, 0.2) is 18.2 Å². The Labute approximate surface area is 110 Å². The van der Waals surface area contributed by atoms with Gasteiger partial charge in [-0.15, -0.1) is 11.6 Å². The second-order valence-corrected chi connectivity index (χ2v) is 4.70. The van der Waals surface area contributed by atoms with E-state index in [4.69, 9.17) is 11.6 Å². The molecule has 0 N–H and O–H groups in total. The summed E-state index contributed by atoms with van der Waals surface area (Å²) in [5.41, 5.74) is -0.317. The van der Waals surface area contributed by atoms with E-state index in [1.165, 1.54) is 19.1 Å². The standard InChI is InChI=1S/C11H9BrClF3O/c1-6(17)10(12)7-2-3-9(11(14,15)16)8(4-7)5-13/h2-4,10H,5H2,1H3. The molecule has 1 nitrogen and oxygen atoms in total. The molecule has 0 saturated heterocycles. The monoisotopic (exact) mass is 328 g/mol. The average Bonchev–Trinajstić information content (AvgIpc) is 2.25. The third kappa shape index (κ3) is 3.45. The van der Waals surface area contributed by atoms with E-state index in [1.54, 1.807) is 0 Å². The van der Waals surface area contributed by atoms with Gasteiger partial charge in [-0.2, -0.15) is 13.2 Å². The molecule has 0 heterocycles. The molecule has 0 radical (unpaired) electrons. The first-order valence-electron chi connectivity index (χ1n) is 4.68. The van der Waals surface area contributed by atoms with Gasteiger partial charge in [0.1, 0.15) is 5.78 Å². The van der Waals surface area contributed by atoms with Crippen LogP contribution in [0.3, 0.4) is 0 Å². The van der Waals surface area contributed by atoms with E-state index in [0.717, 1.165) is 6.07 Å². The van der Waals surface area contributed by atoms with E-state index in [2.05, 4.69) is 15.9 Å². The second kappa shape index (κ2) is 5.40. The maximum Gasteiger partial charge on any atom is 0.416 e. The van der Waals surface area contributed by atoms with E-state index in [9.17, 15) is 18.0 Å². The van der Waals surface area contributed by atoms with Gasteiger partial charge >= 0.3 is 6.18 Å². The van der Waals surface area contributed by atoms with Crippen LogP contribution in [0, 0.1) is 0 Å². The van der Waals surface area contributed by atoms with Crippen LogP contribution >= 0.6 is 27.5 Å². The molecule has 0 spiro atoms. The van der Waals surface area contributed by atoms with E-state index < -0.39 is 16.6 Å². The van der Waals surface area contributed by atoms with Crippen LogP contribution in [0.25, 0.3) is 0 Å². The van der Waals surface area contributed by atoms with Gasteiger partial charge in [0, 0.05) is 5.88 Å². The van der Waals surface area contributed by atoms with Crippen LogP contribution in [0.1, 0.15) is 28.4 Å². The van der Waals surface area contributed by atoms with Gasteiger partial charge in [-0.25, -0.2) is 0 Å². The molecule has 0 bridgehead atoms. The third-order valence-electron chi connectivity index (χ3n) is 2.23. The maximum atomic E-state index is 12.6. The molecule has 1 aromatic rings. The SMILES string of the molecule is CC(=O)C(Br)c1ccc(C(F)(F)F)c(CCl)c1. The van der Waals surface area contributed by atoms with Crippen LogP contribution in [0.4, 0.5) is 13.2 Å². The predicted molar refractivity (Wildman–Crippen MR) is 63.4 cm³/mol. The highest BCUT2D eigenvalue weighted by molar-refractivity contribution is 9.09. The Bertz CT molecular complexity index is 431. The Morgan fingerprint density at radius 1 is 1.47 bits per heavy atom. The van der Waals surface area contributed by atoms with Crippen LogP contribution in [-0.4, -0.2) is 5.78 Å². The zero-order chi connectivity index (χ0) is 13.2. The Balaban J connectivity index is 3.22. The van der Waals surface area contributed by atoms with Gasteiger partial charge in [-0.05, 0) is 24.1 Å². The summed E-state index contributed by atoms with van der Waals surface area (Å²) in [5.74, 6) is -0.425. The van der Waals surface area contributed by atoms with E-state index in [-0.39, 0.29) is 17.2 Å². The first kappa shape index (κ1) is 14.5. The second-order valence-electron chi connectivity index (χ2n) is 3.52. The third-order valence-corrected chi connectivity index (χ3v) is 3.69. The Hall–Kier alpha value is -0.550. The van der Waals surface area contributed by atoms with Gasteiger partial charge in [-0.3, -0.25) is 4.79 Å². The smallest absolute Gasteiger partial charge is 0.298 e. The molecule has 0 aliphatic rings.